The molecule has 0 aromatic carbocycles. The van der Waals surface area contributed by atoms with Crippen molar-refractivity contribution in [2.24, 2.45) is 0 Å². The van der Waals surface area contributed by atoms with E-state index in [0.29, 0.717) is 11.8 Å². The van der Waals surface area contributed by atoms with Gasteiger partial charge in [-0.3, -0.25) is 4.90 Å². The number of nitrogens with one attached hydrogen (secondary N) is 1. The number of hydrogen-bond acceptors (Lipinski definition) is 7. The Bertz CT molecular complexity index is 1060. The first kappa shape index (κ1) is 21.2. The predicted molar refractivity (Wildman–Crippen MR) is 118 cm³/mol. The van der Waals surface area contributed by atoms with Gasteiger partial charge in [0.05, 0.1) is 28.2 Å². The minimum atomic E-state index is -0.157. The Morgan fingerprint density at radius 1 is 1.20 bits per heavy atom. The van der Waals surface area contributed by atoms with E-state index in [0.717, 1.165) is 53.4 Å². The number of aryl methyl sites for hydroxylation is 1. The third-order valence-corrected chi connectivity index (χ3v) is 5.94. The highest BCUT2D eigenvalue weighted by Gasteiger charge is 2.31. The Labute approximate surface area is 182 Å². The van der Waals surface area contributed by atoms with Crippen LogP contribution in [0.5, 0.6) is 0 Å². The summed E-state index contributed by atoms with van der Waals surface area (Å²) in [7, 11) is 2.11. The van der Waals surface area contributed by atoms with Crippen molar-refractivity contribution in [3.63, 3.8) is 0 Å². The Balaban J connectivity index is 0.00000218. The van der Waals surface area contributed by atoms with E-state index in [4.69, 9.17) is 19.6 Å². The molecule has 30 heavy (non-hydrogen) atoms. The summed E-state index contributed by atoms with van der Waals surface area (Å²) in [6.45, 7) is 11.3. The maximum atomic E-state index is 5.79. The van der Waals surface area contributed by atoms with E-state index in [-0.39, 0.29) is 24.0 Å². The molecule has 0 bridgehead atoms. The largest absolute Gasteiger partial charge is 0.334 e. The molecular formula is C21H30ClN7O. The zero-order chi connectivity index (χ0) is 20.3. The van der Waals surface area contributed by atoms with Crippen LogP contribution >= 0.6 is 12.4 Å². The first-order valence-electron chi connectivity index (χ1n) is 10.5. The van der Waals surface area contributed by atoms with Crippen LogP contribution in [0.15, 0.2) is 10.6 Å². The fourth-order valence-electron chi connectivity index (χ4n) is 4.11. The molecular weight excluding hydrogens is 402 g/mol. The van der Waals surface area contributed by atoms with Crippen molar-refractivity contribution in [3.8, 4) is 11.5 Å². The van der Waals surface area contributed by atoms with Crippen LogP contribution < -0.4 is 5.32 Å². The van der Waals surface area contributed by atoms with Crippen molar-refractivity contribution in [2.75, 3.05) is 26.7 Å². The number of rotatable bonds is 3. The molecule has 3 aromatic rings. The third-order valence-electron chi connectivity index (χ3n) is 5.94. The molecule has 4 heterocycles. The SMILES string of the molecule is Cc1nn(C(C)(C)C)c2nc(C3CC3)cc(-c3nc(C4CNCCN4C)no3)c12.Cl. The van der Waals surface area contributed by atoms with Gasteiger partial charge in [0.1, 0.15) is 0 Å². The number of halogens is 1. The number of nitrogens with zero attached hydrogens (tertiary/aromatic N) is 6. The minimum Gasteiger partial charge on any atom is -0.334 e. The summed E-state index contributed by atoms with van der Waals surface area (Å²) in [6.07, 6.45) is 2.38. The molecule has 5 rings (SSSR count). The van der Waals surface area contributed by atoms with Gasteiger partial charge in [-0.05, 0) is 53.7 Å². The molecule has 0 amide bonds. The van der Waals surface area contributed by atoms with Gasteiger partial charge in [-0.2, -0.15) is 10.1 Å². The van der Waals surface area contributed by atoms with Crippen LogP contribution in [-0.2, 0) is 5.54 Å². The fraction of sp³-hybridized carbons (Fsp3) is 0.619. The van der Waals surface area contributed by atoms with E-state index >= 15 is 0 Å². The third kappa shape index (κ3) is 3.61. The topological polar surface area (TPSA) is 84.9 Å². The van der Waals surface area contributed by atoms with Gasteiger partial charge in [0.15, 0.2) is 11.5 Å². The van der Waals surface area contributed by atoms with Gasteiger partial charge in [0.2, 0.25) is 0 Å². The van der Waals surface area contributed by atoms with Crippen molar-refractivity contribution < 1.29 is 4.52 Å². The molecule has 9 heteroatoms. The second-order valence-electron chi connectivity index (χ2n) is 9.39. The van der Waals surface area contributed by atoms with Gasteiger partial charge in [-0.15, -0.1) is 12.4 Å². The molecule has 2 aliphatic rings. The molecule has 1 aliphatic carbocycles. The van der Waals surface area contributed by atoms with Crippen molar-refractivity contribution in [3.05, 3.63) is 23.3 Å². The summed E-state index contributed by atoms with van der Waals surface area (Å²) in [5.74, 6) is 1.82. The van der Waals surface area contributed by atoms with E-state index in [1.54, 1.807) is 0 Å². The van der Waals surface area contributed by atoms with Gasteiger partial charge < -0.3 is 9.84 Å². The average molecular weight is 432 g/mol. The Morgan fingerprint density at radius 3 is 2.63 bits per heavy atom. The summed E-state index contributed by atoms with van der Waals surface area (Å²) in [5, 5.41) is 13.6. The van der Waals surface area contributed by atoms with Gasteiger partial charge in [0.25, 0.3) is 5.89 Å². The summed E-state index contributed by atoms with van der Waals surface area (Å²) in [6, 6.07) is 2.27. The molecule has 3 aromatic heterocycles. The lowest BCUT2D eigenvalue weighted by Crippen LogP contribution is -2.44. The number of aromatic nitrogens is 5. The summed E-state index contributed by atoms with van der Waals surface area (Å²) < 4.78 is 7.82. The first-order valence-corrected chi connectivity index (χ1v) is 10.5. The lowest BCUT2D eigenvalue weighted by Gasteiger charge is -2.30. The molecule has 0 spiro atoms. The number of piperazine rings is 1. The smallest absolute Gasteiger partial charge is 0.258 e. The minimum absolute atomic E-state index is 0. The highest BCUT2D eigenvalue weighted by molar-refractivity contribution is 5.93. The van der Waals surface area contributed by atoms with E-state index < -0.39 is 0 Å². The number of likely N-dealkylation sites (N-methyl/N-ethyl adjacent to an activating group) is 1. The molecule has 1 aliphatic heterocycles. The Hall–Kier alpha value is -2.03. The lowest BCUT2D eigenvalue weighted by atomic mass is 10.1. The number of fused-ring (bicyclic) bond motifs is 1. The van der Waals surface area contributed by atoms with Crippen LogP contribution in [0.1, 0.15) is 62.8 Å². The van der Waals surface area contributed by atoms with Crippen molar-refractivity contribution >= 4 is 23.4 Å². The van der Waals surface area contributed by atoms with E-state index in [1.165, 1.54) is 12.8 Å². The maximum absolute atomic E-state index is 5.79. The van der Waals surface area contributed by atoms with Crippen LogP contribution in [0, 0.1) is 6.92 Å². The summed E-state index contributed by atoms with van der Waals surface area (Å²) in [5.41, 5.74) is 3.75. The monoisotopic (exact) mass is 431 g/mol. The van der Waals surface area contributed by atoms with E-state index in [2.05, 4.69) is 49.3 Å². The molecule has 1 N–H and O–H groups in total. The Kier molecular flexibility index (Phi) is 5.36. The van der Waals surface area contributed by atoms with E-state index in [1.807, 2.05) is 11.6 Å². The molecule has 162 valence electrons. The molecule has 1 saturated carbocycles. The molecule has 0 radical (unpaired) electrons. The van der Waals surface area contributed by atoms with Crippen LogP contribution in [0.3, 0.4) is 0 Å². The average Bonchev–Trinajstić information content (AvgIpc) is 3.31. The quantitative estimate of drug-likeness (QED) is 0.679. The normalized spacial score (nSPS) is 20.5. The lowest BCUT2D eigenvalue weighted by molar-refractivity contribution is 0.190. The van der Waals surface area contributed by atoms with Crippen LogP contribution in [0.25, 0.3) is 22.5 Å². The van der Waals surface area contributed by atoms with Crippen molar-refractivity contribution in [2.45, 2.75) is 58.0 Å². The van der Waals surface area contributed by atoms with Crippen LogP contribution in [0.4, 0.5) is 0 Å². The molecule has 1 saturated heterocycles. The highest BCUT2D eigenvalue weighted by Crippen LogP contribution is 2.42. The van der Waals surface area contributed by atoms with Crippen molar-refractivity contribution in [1.29, 1.82) is 0 Å². The summed E-state index contributed by atoms with van der Waals surface area (Å²) in [4.78, 5) is 12.1. The molecule has 1 atom stereocenters. The van der Waals surface area contributed by atoms with Gasteiger partial charge in [-0.1, -0.05) is 5.16 Å². The fourth-order valence-corrected chi connectivity index (χ4v) is 4.11. The number of hydrogen-bond donors (Lipinski definition) is 1. The van der Waals surface area contributed by atoms with E-state index in [9.17, 15) is 0 Å². The zero-order valence-corrected chi connectivity index (χ0v) is 19.1. The van der Waals surface area contributed by atoms with Crippen LogP contribution in [0.2, 0.25) is 0 Å². The predicted octanol–water partition coefficient (Wildman–Crippen LogP) is 3.42. The first-order chi connectivity index (χ1) is 13.8. The summed E-state index contributed by atoms with van der Waals surface area (Å²) >= 11 is 0. The molecule has 2 fully saturated rings. The highest BCUT2D eigenvalue weighted by atomic mass is 35.5. The maximum Gasteiger partial charge on any atom is 0.258 e. The van der Waals surface area contributed by atoms with Crippen molar-refractivity contribution in [1.82, 2.24) is 35.1 Å². The van der Waals surface area contributed by atoms with Crippen LogP contribution in [-0.4, -0.2) is 56.5 Å². The molecule has 8 nitrogen and oxygen atoms in total. The molecule has 1 unspecified atom stereocenters. The second-order valence-corrected chi connectivity index (χ2v) is 9.39. The Morgan fingerprint density at radius 2 is 1.97 bits per heavy atom. The second kappa shape index (κ2) is 7.59. The van der Waals surface area contributed by atoms with Gasteiger partial charge in [-0.25, -0.2) is 9.67 Å². The zero-order valence-electron chi connectivity index (χ0n) is 18.3. The number of pyridine rings is 1. The van der Waals surface area contributed by atoms with Gasteiger partial charge in [0, 0.05) is 31.2 Å². The standard InChI is InChI=1S/C21H29N7O.ClH/c1-12-17-14(20-24-18(26-29-20)16-11-22-8-9-27(16)5)10-15(13-6-7-13)23-19(17)28(25-12)21(2,3)4;/h10,13,16,22H,6-9,11H2,1-5H3;1H. The van der Waals surface area contributed by atoms with Gasteiger partial charge >= 0.3 is 0 Å².